The predicted octanol–water partition coefficient (Wildman–Crippen LogP) is 4.52. The van der Waals surface area contributed by atoms with Gasteiger partial charge in [-0.1, -0.05) is 33.3 Å². The number of thiazole rings is 1. The Hall–Kier alpha value is -1.90. The number of hydrogen-bond donors (Lipinski definition) is 0. The van der Waals surface area contributed by atoms with E-state index in [4.69, 9.17) is 4.74 Å². The third-order valence-electron chi connectivity index (χ3n) is 3.63. The molecule has 0 spiro atoms. The van der Waals surface area contributed by atoms with Gasteiger partial charge in [-0.15, -0.1) is 0 Å². The van der Waals surface area contributed by atoms with Gasteiger partial charge in [0.25, 0.3) is 5.91 Å². The lowest BCUT2D eigenvalue weighted by atomic mass is 10.2. The molecule has 2 aromatic carbocycles. The van der Waals surface area contributed by atoms with Crippen LogP contribution in [0.5, 0.6) is 0 Å². The lowest BCUT2D eigenvalue weighted by Gasteiger charge is -2.06. The van der Waals surface area contributed by atoms with Crippen LogP contribution in [0.4, 0.5) is 8.78 Å². The van der Waals surface area contributed by atoms with Gasteiger partial charge in [0.15, 0.2) is 10.6 Å². The van der Waals surface area contributed by atoms with Crippen LogP contribution in [-0.2, 0) is 11.3 Å². The van der Waals surface area contributed by atoms with E-state index in [0.29, 0.717) is 34.8 Å². The van der Waals surface area contributed by atoms with E-state index in [9.17, 15) is 13.6 Å². The van der Waals surface area contributed by atoms with Crippen molar-refractivity contribution in [1.29, 1.82) is 0 Å². The highest BCUT2D eigenvalue weighted by molar-refractivity contribution is 9.10. The monoisotopic (exact) mass is 440 g/mol. The number of ether oxygens (including phenoxy) is 1. The maximum absolute atomic E-state index is 14.3. The number of amides is 1. The highest BCUT2D eigenvalue weighted by Crippen LogP contribution is 2.22. The van der Waals surface area contributed by atoms with E-state index in [-0.39, 0.29) is 5.52 Å². The maximum Gasteiger partial charge on any atom is 0.279 e. The SMILES string of the molecule is CCOCCn1c(=NC(=O)c2cccc(Br)c2)sc2cc(F)cc(F)c21. The fourth-order valence-electron chi connectivity index (χ4n) is 2.49. The minimum absolute atomic E-state index is 0.219. The number of nitrogens with zero attached hydrogens (tertiary/aromatic N) is 2. The van der Waals surface area contributed by atoms with Gasteiger partial charge in [-0.05, 0) is 31.2 Å². The van der Waals surface area contributed by atoms with Crippen molar-refractivity contribution in [2.45, 2.75) is 13.5 Å². The summed E-state index contributed by atoms with van der Waals surface area (Å²) in [6, 6.07) is 8.90. The van der Waals surface area contributed by atoms with E-state index < -0.39 is 17.5 Å². The Kier molecular flexibility index (Phi) is 5.95. The molecule has 26 heavy (non-hydrogen) atoms. The molecule has 0 atom stereocenters. The number of benzene rings is 2. The average molecular weight is 441 g/mol. The van der Waals surface area contributed by atoms with Gasteiger partial charge in [0.1, 0.15) is 5.82 Å². The first kappa shape index (κ1) is 18.9. The zero-order chi connectivity index (χ0) is 18.7. The molecule has 0 bridgehead atoms. The Labute approximate surface area is 160 Å². The molecule has 0 fully saturated rings. The van der Waals surface area contributed by atoms with Crippen molar-refractivity contribution in [2.24, 2.45) is 4.99 Å². The van der Waals surface area contributed by atoms with E-state index in [1.165, 1.54) is 6.07 Å². The first-order valence-corrected chi connectivity index (χ1v) is 9.51. The second-order valence-electron chi connectivity index (χ2n) is 5.39. The Balaban J connectivity index is 2.12. The number of fused-ring (bicyclic) bond motifs is 1. The number of aromatic nitrogens is 1. The van der Waals surface area contributed by atoms with Crippen LogP contribution < -0.4 is 4.80 Å². The maximum atomic E-state index is 14.3. The van der Waals surface area contributed by atoms with E-state index in [1.54, 1.807) is 28.8 Å². The summed E-state index contributed by atoms with van der Waals surface area (Å²) in [5.41, 5.74) is 0.622. The lowest BCUT2D eigenvalue weighted by molar-refractivity contribution is 0.0996. The minimum atomic E-state index is -0.691. The summed E-state index contributed by atoms with van der Waals surface area (Å²) in [4.78, 5) is 16.9. The summed E-state index contributed by atoms with van der Waals surface area (Å²) in [6.07, 6.45) is 0. The van der Waals surface area contributed by atoms with E-state index in [2.05, 4.69) is 20.9 Å². The van der Waals surface area contributed by atoms with Crippen molar-refractivity contribution < 1.29 is 18.3 Å². The van der Waals surface area contributed by atoms with Gasteiger partial charge in [-0.2, -0.15) is 4.99 Å². The fourth-order valence-corrected chi connectivity index (χ4v) is 3.99. The summed E-state index contributed by atoms with van der Waals surface area (Å²) in [5.74, 6) is -1.81. The zero-order valence-electron chi connectivity index (χ0n) is 13.8. The van der Waals surface area contributed by atoms with Crippen LogP contribution in [0.1, 0.15) is 17.3 Å². The molecule has 0 saturated heterocycles. The van der Waals surface area contributed by atoms with Crippen molar-refractivity contribution in [3.63, 3.8) is 0 Å². The molecule has 8 heteroatoms. The number of rotatable bonds is 5. The molecule has 0 aliphatic carbocycles. The summed E-state index contributed by atoms with van der Waals surface area (Å²) in [6.45, 7) is 3.01. The molecular weight excluding hydrogens is 426 g/mol. The van der Waals surface area contributed by atoms with Gasteiger partial charge in [-0.3, -0.25) is 4.79 Å². The van der Waals surface area contributed by atoms with Crippen molar-refractivity contribution in [2.75, 3.05) is 13.2 Å². The number of carbonyl (C=O) groups excluding carboxylic acids is 1. The molecule has 3 aromatic rings. The molecule has 0 aliphatic rings. The smallest absolute Gasteiger partial charge is 0.279 e. The minimum Gasteiger partial charge on any atom is -0.380 e. The predicted molar refractivity (Wildman–Crippen MR) is 100 cm³/mol. The Morgan fingerprint density at radius 3 is 2.85 bits per heavy atom. The molecule has 4 nitrogen and oxygen atoms in total. The molecule has 1 amide bonds. The molecule has 0 saturated carbocycles. The van der Waals surface area contributed by atoms with Crippen LogP contribution in [0, 0.1) is 11.6 Å². The van der Waals surface area contributed by atoms with Gasteiger partial charge < -0.3 is 9.30 Å². The Morgan fingerprint density at radius 1 is 1.31 bits per heavy atom. The number of halogens is 3. The topological polar surface area (TPSA) is 43.6 Å². The van der Waals surface area contributed by atoms with E-state index in [1.807, 2.05) is 6.92 Å². The van der Waals surface area contributed by atoms with Crippen molar-refractivity contribution in [1.82, 2.24) is 4.57 Å². The first-order valence-electron chi connectivity index (χ1n) is 7.90. The Morgan fingerprint density at radius 2 is 2.12 bits per heavy atom. The van der Waals surface area contributed by atoms with Crippen LogP contribution in [-0.4, -0.2) is 23.7 Å². The summed E-state index contributed by atoms with van der Waals surface area (Å²) >= 11 is 4.38. The van der Waals surface area contributed by atoms with Gasteiger partial charge >= 0.3 is 0 Å². The highest BCUT2D eigenvalue weighted by Gasteiger charge is 2.14. The van der Waals surface area contributed by atoms with Crippen molar-refractivity contribution in [3.8, 4) is 0 Å². The molecular formula is C18H15BrF2N2O2S. The molecule has 0 N–H and O–H groups in total. The van der Waals surface area contributed by atoms with Gasteiger partial charge in [0, 0.05) is 29.3 Å². The molecule has 1 heterocycles. The quantitative estimate of drug-likeness (QED) is 0.547. The van der Waals surface area contributed by atoms with Gasteiger partial charge in [0.05, 0.1) is 16.8 Å². The molecule has 0 aliphatic heterocycles. The molecule has 1 aromatic heterocycles. The van der Waals surface area contributed by atoms with Crippen LogP contribution in [0.3, 0.4) is 0 Å². The third-order valence-corrected chi connectivity index (χ3v) is 5.15. The molecule has 136 valence electrons. The third kappa shape index (κ3) is 4.08. The molecule has 0 unspecified atom stereocenters. The van der Waals surface area contributed by atoms with Gasteiger partial charge in [-0.25, -0.2) is 8.78 Å². The molecule has 0 radical (unpaired) electrons. The second-order valence-corrected chi connectivity index (χ2v) is 7.32. The van der Waals surface area contributed by atoms with Crippen LogP contribution >= 0.6 is 27.3 Å². The van der Waals surface area contributed by atoms with E-state index in [0.717, 1.165) is 21.9 Å². The second kappa shape index (κ2) is 8.20. The average Bonchev–Trinajstić information content (AvgIpc) is 2.92. The number of hydrogen-bond acceptors (Lipinski definition) is 3. The fraction of sp³-hybridized carbons (Fsp3) is 0.222. The number of carbonyl (C=O) groups is 1. The van der Waals surface area contributed by atoms with Crippen LogP contribution in [0.15, 0.2) is 45.9 Å². The summed E-state index contributed by atoms with van der Waals surface area (Å²) in [5, 5.41) is 0. The van der Waals surface area contributed by atoms with Crippen molar-refractivity contribution in [3.05, 3.63) is 62.9 Å². The summed E-state index contributed by atoms with van der Waals surface area (Å²) in [7, 11) is 0. The first-order chi connectivity index (χ1) is 12.5. The van der Waals surface area contributed by atoms with Crippen molar-refractivity contribution >= 4 is 43.4 Å². The molecule has 3 rings (SSSR count). The van der Waals surface area contributed by atoms with Crippen LogP contribution in [0.25, 0.3) is 10.2 Å². The standard InChI is InChI=1S/C18H15BrF2N2O2S/c1-2-25-7-6-23-16-14(21)9-13(20)10-15(16)26-18(23)22-17(24)11-4-3-5-12(19)8-11/h3-5,8-10H,2,6-7H2,1H3. The zero-order valence-corrected chi connectivity index (χ0v) is 16.2. The normalized spacial score (nSPS) is 12.1. The highest BCUT2D eigenvalue weighted by atomic mass is 79.9. The Bertz CT molecular complexity index is 1030. The van der Waals surface area contributed by atoms with Gasteiger partial charge in [0.2, 0.25) is 0 Å². The lowest BCUT2D eigenvalue weighted by Crippen LogP contribution is -2.20. The summed E-state index contributed by atoms with van der Waals surface area (Å²) < 4.78 is 35.9. The van der Waals surface area contributed by atoms with E-state index >= 15 is 0 Å². The van der Waals surface area contributed by atoms with Crippen LogP contribution in [0.2, 0.25) is 0 Å². The largest absolute Gasteiger partial charge is 0.380 e.